The summed E-state index contributed by atoms with van der Waals surface area (Å²) in [6.45, 7) is 12.6. The van der Waals surface area contributed by atoms with Gasteiger partial charge in [-0.15, -0.1) is 0 Å². The SMILES string of the molecule is CC#N.CC#N.CC#N.CC#N.CCOCC.Cn1ccnc1.Cn1ccnc1.F[P-](F)(F)(F)(F)F.F[P-](F)(F)(F)(F)F.F[P-](F)(F)(F)(F)F.F[P-](F)(F)(F)(F)F.[Rh+2].[Rh+2].[c-]1n(-c2ccccn2)cc[n+]1C[n+]1[c-]n(-c2ccccn2)cc1.[c-]1n(-c2ccccn2)cc[n+]1C[n+]1[c-]n(-c2ccccn2)cc1. The molecule has 10 aromatic rings. The van der Waals surface area contributed by atoms with E-state index in [2.05, 4.69) is 55.2 Å². The predicted molar refractivity (Wildman–Crippen MR) is 329 cm³/mol. The number of rotatable bonds is 10. The van der Waals surface area contributed by atoms with Crippen LogP contribution in [0.2, 0.25) is 0 Å². The second-order valence-corrected chi connectivity index (χ2v) is 25.6. The molecule has 0 amide bonds. The van der Waals surface area contributed by atoms with Gasteiger partial charge in [-0.25, -0.2) is 9.97 Å². The molecule has 2 radical (unpaired) electrons. The summed E-state index contributed by atoms with van der Waals surface area (Å²) in [5, 5.41) is 29.3. The van der Waals surface area contributed by atoms with Gasteiger partial charge in [-0.2, -0.15) is 21.0 Å². The third-order valence-electron chi connectivity index (χ3n) is 8.40. The maximum absolute atomic E-state index is 10.7. The van der Waals surface area contributed by atoms with Crippen molar-refractivity contribution >= 4 is 31.2 Å². The van der Waals surface area contributed by atoms with Crippen LogP contribution < -0.4 is 18.3 Å². The Hall–Kier alpha value is -8.93. The summed E-state index contributed by atoms with van der Waals surface area (Å²) >= 11 is 0. The normalized spacial score (nSPS) is 12.6. The molecule has 0 aliphatic carbocycles. The minimum Gasteiger partial charge on any atom is -0.310 e. The first-order valence-electron chi connectivity index (χ1n) is 27.0. The van der Waals surface area contributed by atoms with Gasteiger partial charge < -0.3 is 32.1 Å². The van der Waals surface area contributed by atoms with Crippen LogP contribution in [0.5, 0.6) is 0 Å². The zero-order valence-corrected chi connectivity index (χ0v) is 61.9. The summed E-state index contributed by atoms with van der Waals surface area (Å²) in [5.41, 5.74) is 0. The Balaban J connectivity index is -0.000000373. The first-order chi connectivity index (χ1) is 46.4. The van der Waals surface area contributed by atoms with Gasteiger partial charge in [0.2, 0.25) is 25.3 Å². The van der Waals surface area contributed by atoms with Crippen LogP contribution >= 0.6 is 31.2 Å². The topological polar surface area (TPSA) is 227 Å². The Morgan fingerprint density at radius 1 is 0.352 bits per heavy atom. The molecule has 0 fully saturated rings. The van der Waals surface area contributed by atoms with Crippen molar-refractivity contribution in [3.63, 3.8) is 0 Å². The fraction of sp³-hybridized carbons (Fsp3) is 0.222. The predicted octanol–water partition coefficient (Wildman–Crippen LogP) is 19.0. The Morgan fingerprint density at radius 2 is 0.533 bits per heavy atom. The molecule has 0 aliphatic rings. The van der Waals surface area contributed by atoms with E-state index in [0.717, 1.165) is 36.5 Å². The minimum absolute atomic E-state index is 0. The summed E-state index contributed by atoms with van der Waals surface area (Å²) in [6.07, 6.45) is 46.3. The Morgan fingerprint density at radius 3 is 0.638 bits per heavy atom. The van der Waals surface area contributed by atoms with Crippen molar-refractivity contribution < 1.29 is 163 Å². The van der Waals surface area contributed by atoms with Crippen LogP contribution in [0, 0.1) is 70.6 Å². The number of hydrogen-bond donors (Lipinski definition) is 0. The Labute approximate surface area is 609 Å². The number of imidazole rings is 6. The van der Waals surface area contributed by atoms with Crippen molar-refractivity contribution in [1.82, 2.24) is 57.3 Å². The van der Waals surface area contributed by atoms with Gasteiger partial charge in [-0.05, 0) is 62.4 Å². The summed E-state index contributed by atoms with van der Waals surface area (Å²) in [7, 11) is -38.8. The molecule has 0 spiro atoms. The molecule has 105 heavy (non-hydrogen) atoms. The molecular weight excluding hydrogens is 1730 g/mol. The van der Waals surface area contributed by atoms with Crippen molar-refractivity contribution in [1.29, 1.82) is 21.0 Å². The van der Waals surface area contributed by atoms with E-state index in [1.165, 1.54) is 27.7 Å². The van der Waals surface area contributed by atoms with Crippen LogP contribution in [-0.2, 0) is 71.1 Å². The molecule has 21 nitrogen and oxygen atoms in total. The molecule has 10 aromatic heterocycles. The van der Waals surface area contributed by atoms with Crippen molar-refractivity contribution in [2.24, 2.45) is 14.1 Å². The largest absolute Gasteiger partial charge is 2.00 e. The first kappa shape index (κ1) is 105. The summed E-state index contributed by atoms with van der Waals surface area (Å²) in [6, 6.07) is 30.2. The standard InChI is InChI=1S/2C17H14N6.2C4H6N2.C4H10O.4C2H3N.4F6P.2Rh/c2*1-3-7-18-16(5-1)22-11-9-20(14-22)13-21-10-12-23(15-21)17-6-2-4-8-19-17;2*1-6-3-2-5-4-6;1-3-5-4-2;4*1-2-3;4*1-7(2,3,4,5)6;;/h2*1-12H,13H2;2*2-4H,1H3;3-4H2,1-2H3;4*1H3;;;;;;/q;;;;;;;;;4*-1;2*+2. The molecule has 0 saturated heterocycles. The third-order valence-corrected chi connectivity index (χ3v) is 8.40. The van der Waals surface area contributed by atoms with E-state index < -0.39 is 31.2 Å². The molecular formula is C54H62F24N20OP4Rh2. The number of aryl methyl sites for hydroxylation is 2. The molecule has 0 bridgehead atoms. The van der Waals surface area contributed by atoms with Crippen molar-refractivity contribution in [2.45, 2.75) is 54.9 Å². The van der Waals surface area contributed by atoms with Gasteiger partial charge in [0.25, 0.3) is 0 Å². The van der Waals surface area contributed by atoms with Gasteiger partial charge in [-0.3, -0.25) is 38.2 Å². The van der Waals surface area contributed by atoms with Gasteiger partial charge in [0.1, 0.15) is 23.3 Å². The average Bonchev–Trinajstić information content (AvgIpc) is 1.44. The third kappa shape index (κ3) is 83.9. The number of ether oxygens (including phenoxy) is 1. The number of aromatic nitrogens is 16. The number of pyridine rings is 4. The Bertz CT molecular complexity index is 3600. The number of nitrogens with zero attached hydrogens (tertiary/aromatic N) is 20. The van der Waals surface area contributed by atoms with Crippen LogP contribution in [0.3, 0.4) is 0 Å². The van der Waals surface area contributed by atoms with Crippen molar-refractivity contribution in [3.8, 4) is 47.5 Å². The fourth-order valence-corrected chi connectivity index (χ4v) is 5.40. The molecule has 0 atom stereocenters. The second-order valence-electron chi connectivity index (χ2n) is 18.0. The zero-order chi connectivity index (χ0) is 80.4. The van der Waals surface area contributed by atoms with Gasteiger partial charge in [0.05, 0.1) is 36.9 Å². The van der Waals surface area contributed by atoms with Crippen LogP contribution in [0.15, 0.2) is 185 Å². The summed E-state index contributed by atoms with van der Waals surface area (Å²) in [4.78, 5) is 24.8. The van der Waals surface area contributed by atoms with Crippen LogP contribution in [0.1, 0.15) is 41.5 Å². The van der Waals surface area contributed by atoms with E-state index in [1.54, 1.807) is 74.1 Å². The maximum Gasteiger partial charge on any atom is 2.00 e. The van der Waals surface area contributed by atoms with Gasteiger partial charge in [0, 0.05) is 154 Å². The molecule has 10 heterocycles. The molecule has 0 unspecified atom stereocenters. The number of halogens is 24. The van der Waals surface area contributed by atoms with Crippen LogP contribution in [0.4, 0.5) is 101 Å². The fourth-order valence-electron chi connectivity index (χ4n) is 5.40. The van der Waals surface area contributed by atoms with Crippen LogP contribution in [0.25, 0.3) is 23.3 Å². The van der Waals surface area contributed by atoms with Gasteiger partial charge in [-0.1, -0.05) is 24.3 Å². The van der Waals surface area contributed by atoms with Gasteiger partial charge >= 0.3 is 171 Å². The zero-order valence-electron chi connectivity index (χ0n) is 55.0. The van der Waals surface area contributed by atoms with Gasteiger partial charge in [0.15, 0.2) is 13.3 Å². The van der Waals surface area contributed by atoms with Crippen LogP contribution in [-0.4, -0.2) is 70.5 Å². The molecule has 51 heteroatoms. The first-order valence-corrected chi connectivity index (χ1v) is 35.1. The van der Waals surface area contributed by atoms with E-state index in [9.17, 15) is 101 Å². The minimum atomic E-state index is -10.7. The van der Waals surface area contributed by atoms with E-state index in [-0.39, 0.29) is 39.0 Å². The Kier molecular flexibility index (Phi) is 41.6. The summed E-state index contributed by atoms with van der Waals surface area (Å²) < 4.78 is 261. The second kappa shape index (κ2) is 41.7. The molecule has 590 valence electrons. The van der Waals surface area contributed by atoms with E-state index >= 15 is 0 Å². The van der Waals surface area contributed by atoms with E-state index in [0.29, 0.717) is 13.3 Å². The molecule has 0 aromatic carbocycles. The molecule has 10 rings (SSSR count). The van der Waals surface area contributed by atoms with Crippen molar-refractivity contribution in [2.75, 3.05) is 13.2 Å². The molecule has 0 aliphatic heterocycles. The van der Waals surface area contributed by atoms with E-state index in [4.69, 9.17) is 25.8 Å². The van der Waals surface area contributed by atoms with Crippen molar-refractivity contribution in [3.05, 3.63) is 210 Å². The number of nitriles is 4. The molecule has 0 saturated carbocycles. The average molecular weight is 1790 g/mol. The monoisotopic (exact) mass is 1790 g/mol. The maximum atomic E-state index is 9.87. The summed E-state index contributed by atoms with van der Waals surface area (Å²) in [5.74, 6) is 3.36. The molecule has 0 N–H and O–H groups in total. The smallest absolute Gasteiger partial charge is 0.310 e. The van der Waals surface area contributed by atoms with E-state index in [1.807, 2.05) is 208 Å². The number of hydrogen-bond acceptors (Lipinski definition) is 11. The quantitative estimate of drug-likeness (QED) is 0.0411.